The third-order valence-corrected chi connectivity index (χ3v) is 4.86. The van der Waals surface area contributed by atoms with Gasteiger partial charge in [-0.25, -0.2) is 0 Å². The Kier molecular flexibility index (Phi) is 3.22. The number of fused-ring (bicyclic) bond motifs is 1. The maximum atomic E-state index is 12.0. The molecule has 18 heavy (non-hydrogen) atoms. The molecule has 1 aromatic heterocycles. The third kappa shape index (κ3) is 1.99. The van der Waals surface area contributed by atoms with Crippen LogP contribution in [-0.2, 0) is 11.3 Å². The van der Waals surface area contributed by atoms with E-state index in [4.69, 9.17) is 0 Å². The first-order valence-corrected chi connectivity index (χ1v) is 7.34. The van der Waals surface area contributed by atoms with E-state index in [9.17, 15) is 4.79 Å². The summed E-state index contributed by atoms with van der Waals surface area (Å²) in [7, 11) is 0. The lowest BCUT2D eigenvalue weighted by molar-refractivity contribution is -0.128. The maximum Gasteiger partial charge on any atom is 0.224 e. The second-order valence-electron chi connectivity index (χ2n) is 5.01. The van der Waals surface area contributed by atoms with Gasteiger partial charge >= 0.3 is 0 Å². The zero-order chi connectivity index (χ0) is 12.5. The van der Waals surface area contributed by atoms with Crippen LogP contribution in [0.15, 0.2) is 30.2 Å². The van der Waals surface area contributed by atoms with Crippen molar-refractivity contribution >= 4 is 17.2 Å². The summed E-state index contributed by atoms with van der Waals surface area (Å²) in [5.74, 6) is 0.292. The van der Waals surface area contributed by atoms with Crippen molar-refractivity contribution < 1.29 is 4.79 Å². The Balaban J connectivity index is 1.70. The molecule has 3 nitrogen and oxygen atoms in total. The summed E-state index contributed by atoms with van der Waals surface area (Å²) in [4.78, 5) is 17.8. The molecular weight excluding hydrogens is 244 g/mol. The normalized spacial score (nSPS) is 27.8. The maximum absolute atomic E-state index is 12.0. The van der Waals surface area contributed by atoms with Crippen molar-refractivity contribution in [3.63, 3.8) is 0 Å². The van der Waals surface area contributed by atoms with E-state index < -0.39 is 0 Å². The fourth-order valence-corrected chi connectivity index (χ4v) is 3.91. The van der Waals surface area contributed by atoms with Crippen LogP contribution >= 0.6 is 11.3 Å². The number of carbonyl (C=O) groups excluding carboxylic acids is 1. The Labute approximate surface area is 112 Å². The highest BCUT2D eigenvalue weighted by Gasteiger charge is 2.45. The van der Waals surface area contributed by atoms with Gasteiger partial charge in [0.15, 0.2) is 0 Å². The van der Waals surface area contributed by atoms with E-state index in [2.05, 4.69) is 29.0 Å². The molecule has 0 bridgehead atoms. The molecule has 0 unspecified atom stereocenters. The number of rotatable bonds is 4. The fraction of sp³-hybridized carbons (Fsp3) is 0.500. The molecule has 0 spiro atoms. The number of likely N-dealkylation sites (tertiary alicyclic amines) is 2. The lowest BCUT2D eigenvalue weighted by Crippen LogP contribution is -2.37. The van der Waals surface area contributed by atoms with Gasteiger partial charge < -0.3 is 4.90 Å². The molecule has 1 amide bonds. The van der Waals surface area contributed by atoms with Crippen molar-refractivity contribution in [3.8, 4) is 0 Å². The van der Waals surface area contributed by atoms with Gasteiger partial charge in [-0.15, -0.1) is 17.9 Å². The van der Waals surface area contributed by atoms with Crippen LogP contribution in [0.4, 0.5) is 0 Å². The Morgan fingerprint density at radius 2 is 2.39 bits per heavy atom. The quantitative estimate of drug-likeness (QED) is 0.776. The molecule has 2 fully saturated rings. The van der Waals surface area contributed by atoms with Gasteiger partial charge in [0.1, 0.15) is 0 Å². The van der Waals surface area contributed by atoms with Gasteiger partial charge in [0, 0.05) is 43.0 Å². The molecule has 0 aliphatic carbocycles. The highest BCUT2D eigenvalue weighted by atomic mass is 32.1. The second kappa shape index (κ2) is 4.86. The summed E-state index contributed by atoms with van der Waals surface area (Å²) in [5.41, 5.74) is 0. The predicted octanol–water partition coefficient (Wildman–Crippen LogP) is 2.11. The van der Waals surface area contributed by atoms with E-state index in [1.54, 1.807) is 11.3 Å². The number of carbonyl (C=O) groups is 1. The van der Waals surface area contributed by atoms with Gasteiger partial charge in [0.25, 0.3) is 0 Å². The minimum Gasteiger partial charge on any atom is -0.334 e. The first-order valence-electron chi connectivity index (χ1n) is 6.46. The van der Waals surface area contributed by atoms with Crippen molar-refractivity contribution in [1.29, 1.82) is 0 Å². The predicted molar refractivity (Wildman–Crippen MR) is 73.4 cm³/mol. The summed E-state index contributed by atoms with van der Waals surface area (Å²) in [5, 5.41) is 2.12. The molecule has 2 atom stereocenters. The molecule has 3 heterocycles. The SMILES string of the molecule is C=CCN1C(=O)C[C@@H]2[C@H]1CCN2Cc1cccs1. The zero-order valence-corrected chi connectivity index (χ0v) is 11.2. The molecule has 2 saturated heterocycles. The monoisotopic (exact) mass is 262 g/mol. The molecule has 2 aliphatic rings. The fourth-order valence-electron chi connectivity index (χ4n) is 3.18. The van der Waals surface area contributed by atoms with Crippen LogP contribution in [-0.4, -0.2) is 40.9 Å². The minimum absolute atomic E-state index is 0.292. The van der Waals surface area contributed by atoms with Gasteiger partial charge in [0.2, 0.25) is 5.91 Å². The second-order valence-corrected chi connectivity index (χ2v) is 6.04. The van der Waals surface area contributed by atoms with Crippen LogP contribution in [0, 0.1) is 0 Å². The minimum atomic E-state index is 0.292. The van der Waals surface area contributed by atoms with E-state index in [-0.39, 0.29) is 0 Å². The van der Waals surface area contributed by atoms with Crippen LogP contribution in [0.2, 0.25) is 0 Å². The van der Waals surface area contributed by atoms with Crippen LogP contribution < -0.4 is 0 Å². The smallest absolute Gasteiger partial charge is 0.224 e. The average Bonchev–Trinajstić information content (AvgIpc) is 3.03. The summed E-state index contributed by atoms with van der Waals surface area (Å²) in [6.07, 6.45) is 3.63. The molecular formula is C14H18N2OS. The molecule has 0 N–H and O–H groups in total. The molecule has 0 aromatic carbocycles. The van der Waals surface area contributed by atoms with E-state index in [0.29, 0.717) is 31.0 Å². The van der Waals surface area contributed by atoms with Gasteiger partial charge in [-0.2, -0.15) is 0 Å². The van der Waals surface area contributed by atoms with Gasteiger partial charge in [0.05, 0.1) is 0 Å². The van der Waals surface area contributed by atoms with E-state index >= 15 is 0 Å². The lowest BCUT2D eigenvalue weighted by atomic mass is 10.1. The van der Waals surface area contributed by atoms with Crippen LogP contribution in [0.3, 0.4) is 0 Å². The molecule has 1 aromatic rings. The summed E-state index contributed by atoms with van der Waals surface area (Å²) < 4.78 is 0. The lowest BCUT2D eigenvalue weighted by Gasteiger charge is -2.24. The van der Waals surface area contributed by atoms with Gasteiger partial charge in [-0.3, -0.25) is 9.69 Å². The largest absolute Gasteiger partial charge is 0.334 e. The van der Waals surface area contributed by atoms with Crippen LogP contribution in [0.1, 0.15) is 17.7 Å². The molecule has 4 heteroatoms. The highest BCUT2D eigenvalue weighted by Crippen LogP contribution is 2.33. The summed E-state index contributed by atoms with van der Waals surface area (Å²) in [6.45, 7) is 6.55. The standard InChI is InChI=1S/C14H18N2OS/c1-2-6-16-12-5-7-15(13(12)9-14(16)17)10-11-4-3-8-18-11/h2-4,8,12-13H,1,5-7,9-10H2/t12-,13-/m1/s1. The van der Waals surface area contributed by atoms with E-state index in [1.807, 2.05) is 11.0 Å². The van der Waals surface area contributed by atoms with Crippen molar-refractivity contribution in [2.24, 2.45) is 0 Å². The molecule has 96 valence electrons. The van der Waals surface area contributed by atoms with E-state index in [0.717, 1.165) is 19.5 Å². The first-order chi connectivity index (χ1) is 8.79. The average molecular weight is 262 g/mol. The number of amides is 1. The number of thiophene rings is 1. The number of hydrogen-bond donors (Lipinski definition) is 0. The van der Waals surface area contributed by atoms with Gasteiger partial charge in [-0.05, 0) is 17.9 Å². The first kappa shape index (κ1) is 11.9. The van der Waals surface area contributed by atoms with Crippen molar-refractivity contribution in [2.45, 2.75) is 31.5 Å². The molecule has 0 saturated carbocycles. The number of hydrogen-bond acceptors (Lipinski definition) is 3. The molecule has 3 rings (SSSR count). The Morgan fingerprint density at radius 3 is 3.11 bits per heavy atom. The molecule has 0 radical (unpaired) electrons. The van der Waals surface area contributed by atoms with Gasteiger partial charge in [-0.1, -0.05) is 12.1 Å². The molecule has 2 aliphatic heterocycles. The summed E-state index contributed by atoms with van der Waals surface area (Å²) in [6, 6.07) is 5.10. The topological polar surface area (TPSA) is 23.6 Å². The highest BCUT2D eigenvalue weighted by molar-refractivity contribution is 7.09. The number of nitrogens with zero attached hydrogens (tertiary/aromatic N) is 2. The Bertz CT molecular complexity index is 443. The third-order valence-electron chi connectivity index (χ3n) is 3.99. The van der Waals surface area contributed by atoms with Crippen molar-refractivity contribution in [3.05, 3.63) is 35.0 Å². The Hall–Kier alpha value is -1.13. The van der Waals surface area contributed by atoms with E-state index in [1.165, 1.54) is 4.88 Å². The van der Waals surface area contributed by atoms with Crippen LogP contribution in [0.25, 0.3) is 0 Å². The zero-order valence-electron chi connectivity index (χ0n) is 10.4. The van der Waals surface area contributed by atoms with Crippen molar-refractivity contribution in [1.82, 2.24) is 9.80 Å². The van der Waals surface area contributed by atoms with Crippen LogP contribution in [0.5, 0.6) is 0 Å². The van der Waals surface area contributed by atoms with Crippen molar-refractivity contribution in [2.75, 3.05) is 13.1 Å². The Morgan fingerprint density at radius 1 is 1.50 bits per heavy atom. The summed E-state index contributed by atoms with van der Waals surface area (Å²) >= 11 is 1.80.